The highest BCUT2D eigenvalue weighted by Gasteiger charge is 2.35. The van der Waals surface area contributed by atoms with Crippen molar-refractivity contribution in [3.05, 3.63) is 44.1 Å². The second-order valence-corrected chi connectivity index (χ2v) is 9.55. The van der Waals surface area contributed by atoms with Crippen LogP contribution in [0.15, 0.2) is 28.1 Å². The molecular weight excluding hydrogens is 442 g/mol. The summed E-state index contributed by atoms with van der Waals surface area (Å²) in [5.41, 5.74) is 1.84. The van der Waals surface area contributed by atoms with Gasteiger partial charge in [-0.25, -0.2) is 4.79 Å². The molecule has 1 aromatic carbocycles. The van der Waals surface area contributed by atoms with Crippen LogP contribution in [-0.4, -0.2) is 37.4 Å². The van der Waals surface area contributed by atoms with Gasteiger partial charge in [-0.1, -0.05) is 15.9 Å². The Morgan fingerprint density at radius 2 is 1.93 bits per heavy atom. The number of hydrogen-bond donors (Lipinski definition) is 0. The third kappa shape index (κ3) is 4.46. The van der Waals surface area contributed by atoms with E-state index in [2.05, 4.69) is 27.4 Å². The van der Waals surface area contributed by atoms with Crippen molar-refractivity contribution in [2.75, 3.05) is 20.8 Å². The Kier molecular flexibility index (Phi) is 6.25. The first kappa shape index (κ1) is 21.0. The van der Waals surface area contributed by atoms with Crippen LogP contribution in [0.4, 0.5) is 4.79 Å². The summed E-state index contributed by atoms with van der Waals surface area (Å²) in [5.74, 6) is 1.34. The molecule has 1 aromatic heterocycles. The third-order valence-electron chi connectivity index (χ3n) is 4.68. The van der Waals surface area contributed by atoms with Crippen LogP contribution in [0.1, 0.15) is 42.8 Å². The summed E-state index contributed by atoms with van der Waals surface area (Å²) in [7, 11) is 3.24. The molecule has 0 spiro atoms. The lowest BCUT2D eigenvalue weighted by atomic mass is 9.96. The van der Waals surface area contributed by atoms with Gasteiger partial charge in [0.2, 0.25) is 0 Å². The third-order valence-corrected chi connectivity index (χ3v) is 6.47. The number of methoxy groups -OCH3 is 2. The Balaban J connectivity index is 1.95. The average molecular weight is 468 g/mol. The Morgan fingerprint density at radius 3 is 2.57 bits per heavy atom. The number of hydrogen-bond acceptors (Lipinski definition) is 5. The molecule has 7 heteroatoms. The van der Waals surface area contributed by atoms with Crippen molar-refractivity contribution in [3.63, 3.8) is 0 Å². The lowest BCUT2D eigenvalue weighted by molar-refractivity contribution is 0.0146. The van der Waals surface area contributed by atoms with Gasteiger partial charge in [-0.15, -0.1) is 11.3 Å². The monoisotopic (exact) mass is 467 g/mol. The first-order valence-electron chi connectivity index (χ1n) is 9.19. The SMILES string of the molecule is COc1cc(Br)c(CC2c3sccc3CCN2C(=O)OC(C)(C)C)cc1OC. The number of rotatable bonds is 4. The molecule has 1 unspecified atom stereocenters. The quantitative estimate of drug-likeness (QED) is 0.586. The lowest BCUT2D eigenvalue weighted by Gasteiger charge is -2.37. The number of carbonyl (C=O) groups is 1. The normalized spacial score (nSPS) is 16.5. The van der Waals surface area contributed by atoms with Crippen molar-refractivity contribution < 1.29 is 19.0 Å². The van der Waals surface area contributed by atoms with Crippen LogP contribution in [0.5, 0.6) is 11.5 Å². The topological polar surface area (TPSA) is 48.0 Å². The molecule has 1 amide bonds. The summed E-state index contributed by atoms with van der Waals surface area (Å²) >= 11 is 5.34. The van der Waals surface area contributed by atoms with Crippen LogP contribution < -0.4 is 9.47 Å². The van der Waals surface area contributed by atoms with E-state index in [0.717, 1.165) is 16.5 Å². The van der Waals surface area contributed by atoms with Crippen molar-refractivity contribution in [1.29, 1.82) is 0 Å². The maximum Gasteiger partial charge on any atom is 0.410 e. The molecule has 0 bridgehead atoms. The number of carbonyl (C=O) groups excluding carboxylic acids is 1. The van der Waals surface area contributed by atoms with E-state index in [-0.39, 0.29) is 12.1 Å². The van der Waals surface area contributed by atoms with E-state index < -0.39 is 5.60 Å². The van der Waals surface area contributed by atoms with E-state index in [0.29, 0.717) is 24.5 Å². The number of halogens is 1. The van der Waals surface area contributed by atoms with E-state index in [1.54, 1.807) is 25.6 Å². The van der Waals surface area contributed by atoms with Gasteiger partial charge in [0, 0.05) is 15.9 Å². The largest absolute Gasteiger partial charge is 0.493 e. The second-order valence-electron chi connectivity index (χ2n) is 7.75. The number of benzene rings is 1. The van der Waals surface area contributed by atoms with Crippen molar-refractivity contribution in [1.82, 2.24) is 4.90 Å². The summed E-state index contributed by atoms with van der Waals surface area (Å²) in [6, 6.07) is 5.96. The maximum absolute atomic E-state index is 12.9. The van der Waals surface area contributed by atoms with Crippen LogP contribution in [0.3, 0.4) is 0 Å². The van der Waals surface area contributed by atoms with Crippen molar-refractivity contribution in [2.45, 2.75) is 45.3 Å². The molecular formula is C21H26BrNO4S. The number of thiophene rings is 1. The highest BCUT2D eigenvalue weighted by molar-refractivity contribution is 9.10. The van der Waals surface area contributed by atoms with Crippen LogP contribution in [0.25, 0.3) is 0 Å². The minimum atomic E-state index is -0.527. The summed E-state index contributed by atoms with van der Waals surface area (Å²) in [4.78, 5) is 16.0. The molecule has 0 saturated heterocycles. The Morgan fingerprint density at radius 1 is 1.25 bits per heavy atom. The molecule has 0 aliphatic carbocycles. The molecule has 1 aliphatic rings. The molecule has 0 radical (unpaired) electrons. The van der Waals surface area contributed by atoms with Gasteiger partial charge >= 0.3 is 6.09 Å². The molecule has 5 nitrogen and oxygen atoms in total. The van der Waals surface area contributed by atoms with Gasteiger partial charge in [-0.2, -0.15) is 0 Å². The highest BCUT2D eigenvalue weighted by Crippen LogP contribution is 2.40. The van der Waals surface area contributed by atoms with Gasteiger partial charge in [-0.05, 0) is 68.3 Å². The van der Waals surface area contributed by atoms with E-state index >= 15 is 0 Å². The molecule has 0 fully saturated rings. The van der Waals surface area contributed by atoms with Gasteiger partial charge in [0.15, 0.2) is 11.5 Å². The van der Waals surface area contributed by atoms with Crippen LogP contribution >= 0.6 is 27.3 Å². The maximum atomic E-state index is 12.9. The summed E-state index contributed by atoms with van der Waals surface area (Å²) in [5, 5.41) is 2.10. The lowest BCUT2D eigenvalue weighted by Crippen LogP contribution is -2.43. The zero-order valence-corrected chi connectivity index (χ0v) is 19.3. The Labute approximate surface area is 178 Å². The van der Waals surface area contributed by atoms with E-state index in [4.69, 9.17) is 14.2 Å². The molecule has 1 aliphatic heterocycles. The molecule has 152 valence electrons. The fraction of sp³-hybridized carbons (Fsp3) is 0.476. The highest BCUT2D eigenvalue weighted by atomic mass is 79.9. The van der Waals surface area contributed by atoms with Crippen molar-refractivity contribution in [2.24, 2.45) is 0 Å². The predicted molar refractivity (Wildman–Crippen MR) is 115 cm³/mol. The minimum absolute atomic E-state index is 0.0759. The van der Waals surface area contributed by atoms with Crippen molar-refractivity contribution >= 4 is 33.4 Å². The van der Waals surface area contributed by atoms with E-state index in [9.17, 15) is 4.79 Å². The van der Waals surface area contributed by atoms with Gasteiger partial charge in [0.1, 0.15) is 5.60 Å². The number of amides is 1. The zero-order chi connectivity index (χ0) is 20.5. The smallest absolute Gasteiger partial charge is 0.410 e. The molecule has 2 heterocycles. The summed E-state index contributed by atoms with van der Waals surface area (Å²) in [6.45, 7) is 6.33. The summed E-state index contributed by atoms with van der Waals surface area (Å²) < 4.78 is 17.5. The second kappa shape index (κ2) is 8.33. The van der Waals surface area contributed by atoms with Crippen molar-refractivity contribution in [3.8, 4) is 11.5 Å². The van der Waals surface area contributed by atoms with Gasteiger partial charge < -0.3 is 14.2 Å². The Bertz CT molecular complexity index is 859. The van der Waals surface area contributed by atoms with E-state index in [1.165, 1.54) is 10.4 Å². The first-order chi connectivity index (χ1) is 13.2. The molecule has 28 heavy (non-hydrogen) atoms. The summed E-state index contributed by atoms with van der Waals surface area (Å²) in [6.07, 6.45) is 1.24. The molecule has 1 atom stereocenters. The number of fused-ring (bicyclic) bond motifs is 1. The standard InChI is InChI=1S/C21H26BrNO4S/c1-21(2,3)27-20(24)23-8-6-13-7-9-28-19(13)16(23)10-14-11-17(25-4)18(26-5)12-15(14)22/h7,9,11-12,16H,6,8,10H2,1-5H3. The number of nitrogens with zero attached hydrogens (tertiary/aromatic N) is 1. The zero-order valence-electron chi connectivity index (χ0n) is 16.9. The molecule has 3 rings (SSSR count). The fourth-order valence-corrected chi connectivity index (χ4v) is 4.94. The molecule has 2 aromatic rings. The number of ether oxygens (including phenoxy) is 3. The average Bonchev–Trinajstić information content (AvgIpc) is 3.10. The van der Waals surface area contributed by atoms with Crippen LogP contribution in [0, 0.1) is 0 Å². The Hall–Kier alpha value is -1.73. The first-order valence-corrected chi connectivity index (χ1v) is 10.9. The van der Waals surface area contributed by atoms with Gasteiger partial charge in [-0.3, -0.25) is 4.90 Å². The minimum Gasteiger partial charge on any atom is -0.493 e. The van der Waals surface area contributed by atoms with Crippen LogP contribution in [0.2, 0.25) is 0 Å². The van der Waals surface area contributed by atoms with E-state index in [1.807, 2.05) is 37.8 Å². The van der Waals surface area contributed by atoms with Gasteiger partial charge in [0.25, 0.3) is 0 Å². The molecule has 0 saturated carbocycles. The van der Waals surface area contributed by atoms with Gasteiger partial charge in [0.05, 0.1) is 20.3 Å². The fourth-order valence-electron chi connectivity index (χ4n) is 3.39. The van der Waals surface area contributed by atoms with Crippen LogP contribution in [-0.2, 0) is 17.6 Å². The molecule has 0 N–H and O–H groups in total. The predicted octanol–water partition coefficient (Wildman–Crippen LogP) is 5.60.